The molecule has 1 amide bonds. The van der Waals surface area contributed by atoms with Gasteiger partial charge in [0.05, 0.1) is 18.2 Å². The van der Waals surface area contributed by atoms with Gasteiger partial charge in [-0.3, -0.25) is 4.79 Å². The number of hydrogen-bond donors (Lipinski definition) is 1. The highest BCUT2D eigenvalue weighted by Gasteiger charge is 2.40. The molecule has 2 aliphatic rings. The minimum absolute atomic E-state index is 0.0440. The molecule has 0 spiro atoms. The van der Waals surface area contributed by atoms with Gasteiger partial charge in [-0.1, -0.05) is 30.3 Å². The van der Waals surface area contributed by atoms with Crippen LogP contribution in [0.3, 0.4) is 0 Å². The minimum atomic E-state index is -4.48. The molecular weight excluding hydrogens is 374 g/mol. The van der Waals surface area contributed by atoms with E-state index in [9.17, 15) is 22.4 Å². The quantitative estimate of drug-likeness (QED) is 0.804. The maximum absolute atomic E-state index is 13.2. The van der Waals surface area contributed by atoms with Crippen molar-refractivity contribution in [1.29, 1.82) is 0 Å². The zero-order valence-corrected chi connectivity index (χ0v) is 14.7. The van der Waals surface area contributed by atoms with Crippen LogP contribution in [-0.4, -0.2) is 21.9 Å². The van der Waals surface area contributed by atoms with E-state index in [2.05, 4.69) is 5.43 Å². The highest BCUT2D eigenvalue weighted by Crippen LogP contribution is 2.34. The van der Waals surface area contributed by atoms with E-state index in [-0.39, 0.29) is 29.9 Å². The lowest BCUT2D eigenvalue weighted by molar-refractivity contribution is -0.140. The van der Waals surface area contributed by atoms with Crippen LogP contribution in [-0.2, 0) is 17.5 Å². The van der Waals surface area contributed by atoms with Crippen LogP contribution in [0.15, 0.2) is 60.9 Å². The molecule has 4 rings (SSSR count). The molecule has 1 fully saturated rings. The van der Waals surface area contributed by atoms with Crippen LogP contribution in [0.2, 0.25) is 0 Å². The topological polar surface area (TPSA) is 35.6 Å². The van der Waals surface area contributed by atoms with Gasteiger partial charge in [-0.2, -0.15) is 13.2 Å². The van der Waals surface area contributed by atoms with Crippen molar-refractivity contribution in [2.24, 2.45) is 0 Å². The Morgan fingerprint density at radius 3 is 2.46 bits per heavy atom. The van der Waals surface area contributed by atoms with Crippen LogP contribution in [0.1, 0.15) is 29.2 Å². The van der Waals surface area contributed by atoms with Crippen molar-refractivity contribution in [2.45, 2.75) is 31.2 Å². The summed E-state index contributed by atoms with van der Waals surface area (Å²) in [6.07, 6.45) is -0.919. The second-order valence-electron chi connectivity index (χ2n) is 6.81. The molecular formula is C20H17F4N3O. The van der Waals surface area contributed by atoms with Crippen molar-refractivity contribution < 1.29 is 22.4 Å². The number of carbonyl (C=O) groups excluding carboxylic acids is 1. The normalized spacial score (nSPS) is 21.9. The molecule has 1 N–H and O–H groups in total. The first-order valence-electron chi connectivity index (χ1n) is 8.77. The van der Waals surface area contributed by atoms with E-state index in [1.54, 1.807) is 23.3 Å². The van der Waals surface area contributed by atoms with Crippen LogP contribution >= 0.6 is 0 Å². The number of amides is 1. The number of hydrogen-bond acceptors (Lipinski definition) is 3. The van der Waals surface area contributed by atoms with E-state index in [4.69, 9.17) is 0 Å². The fourth-order valence-electron chi connectivity index (χ4n) is 3.60. The summed E-state index contributed by atoms with van der Waals surface area (Å²) in [6, 6.07) is 10.5. The predicted molar refractivity (Wildman–Crippen MR) is 93.7 cm³/mol. The number of benzene rings is 2. The number of fused-ring (bicyclic) bond motifs is 1. The van der Waals surface area contributed by atoms with E-state index < -0.39 is 17.8 Å². The maximum Gasteiger partial charge on any atom is 0.416 e. The maximum atomic E-state index is 13.2. The second kappa shape index (κ2) is 6.94. The standard InChI is InChI=1S/C20H17F4N3O/c21-15-7-5-13(6-8-15)17-11-18-19(28)26(9-10-27(18)25-17)12-14-3-1-2-4-16(14)20(22,23)24/h1-10,17-18,25H,11-12H2. The highest BCUT2D eigenvalue weighted by molar-refractivity contribution is 5.84. The minimum Gasteiger partial charge on any atom is -0.311 e. The summed E-state index contributed by atoms with van der Waals surface area (Å²) in [5, 5.41) is 1.66. The summed E-state index contributed by atoms with van der Waals surface area (Å²) >= 11 is 0. The predicted octanol–water partition coefficient (Wildman–Crippen LogP) is 3.98. The molecule has 0 aliphatic carbocycles. The molecule has 2 aliphatic heterocycles. The number of alkyl halides is 3. The summed E-state index contributed by atoms with van der Waals surface area (Å²) in [6.45, 7) is -0.156. The van der Waals surface area contributed by atoms with Gasteiger partial charge in [-0.05, 0) is 35.7 Å². The van der Waals surface area contributed by atoms with Crippen molar-refractivity contribution in [3.05, 3.63) is 83.4 Å². The number of nitrogens with one attached hydrogen (secondary N) is 1. The summed E-state index contributed by atoms with van der Waals surface area (Å²) < 4.78 is 52.8. The van der Waals surface area contributed by atoms with E-state index in [1.165, 1.54) is 41.4 Å². The van der Waals surface area contributed by atoms with Gasteiger partial charge in [0.1, 0.15) is 11.9 Å². The number of carbonyl (C=O) groups is 1. The number of halogens is 4. The van der Waals surface area contributed by atoms with Crippen LogP contribution < -0.4 is 5.43 Å². The third kappa shape index (κ3) is 3.47. The summed E-state index contributed by atoms with van der Waals surface area (Å²) in [7, 11) is 0. The largest absolute Gasteiger partial charge is 0.416 e. The molecule has 8 heteroatoms. The molecule has 1 saturated heterocycles. The van der Waals surface area contributed by atoms with Crippen LogP contribution in [0.4, 0.5) is 17.6 Å². The lowest BCUT2D eigenvalue weighted by atomic mass is 10.0. The Kier molecular flexibility index (Phi) is 4.58. The first-order chi connectivity index (χ1) is 13.3. The Morgan fingerprint density at radius 1 is 1.04 bits per heavy atom. The van der Waals surface area contributed by atoms with Gasteiger partial charge in [-0.15, -0.1) is 0 Å². The van der Waals surface area contributed by atoms with Crippen LogP contribution in [0.25, 0.3) is 0 Å². The van der Waals surface area contributed by atoms with Crippen LogP contribution in [0.5, 0.6) is 0 Å². The highest BCUT2D eigenvalue weighted by atomic mass is 19.4. The first kappa shape index (κ1) is 18.5. The Balaban J connectivity index is 1.51. The third-order valence-corrected chi connectivity index (χ3v) is 5.01. The van der Waals surface area contributed by atoms with Crippen molar-refractivity contribution >= 4 is 5.91 Å². The molecule has 4 nitrogen and oxygen atoms in total. The molecule has 2 atom stereocenters. The Bertz CT molecular complexity index is 910. The van der Waals surface area contributed by atoms with Gasteiger partial charge < -0.3 is 9.91 Å². The average molecular weight is 391 g/mol. The van der Waals surface area contributed by atoms with Gasteiger partial charge in [-0.25, -0.2) is 9.82 Å². The Labute approximate surface area is 159 Å². The summed E-state index contributed by atoms with van der Waals surface area (Å²) in [4.78, 5) is 14.2. The monoisotopic (exact) mass is 391 g/mol. The van der Waals surface area contributed by atoms with E-state index in [0.29, 0.717) is 6.42 Å². The van der Waals surface area contributed by atoms with Crippen LogP contribution in [0, 0.1) is 5.82 Å². The fraction of sp³-hybridized carbons (Fsp3) is 0.250. The van der Waals surface area contributed by atoms with Gasteiger partial charge in [0.15, 0.2) is 0 Å². The molecule has 2 aromatic carbocycles. The van der Waals surface area contributed by atoms with Gasteiger partial charge in [0.2, 0.25) is 0 Å². The van der Waals surface area contributed by atoms with Crippen molar-refractivity contribution in [3.63, 3.8) is 0 Å². The lowest BCUT2D eigenvalue weighted by Gasteiger charge is -2.32. The van der Waals surface area contributed by atoms with E-state index in [1.807, 2.05) is 0 Å². The fourth-order valence-corrected chi connectivity index (χ4v) is 3.60. The molecule has 146 valence electrons. The summed E-state index contributed by atoms with van der Waals surface area (Å²) in [5.74, 6) is -0.624. The molecule has 2 heterocycles. The molecule has 0 bridgehead atoms. The lowest BCUT2D eigenvalue weighted by Crippen LogP contribution is -2.47. The molecule has 2 aromatic rings. The van der Waals surface area contributed by atoms with Gasteiger partial charge in [0.25, 0.3) is 5.91 Å². The molecule has 0 radical (unpaired) electrons. The molecule has 0 saturated carbocycles. The van der Waals surface area contributed by atoms with E-state index >= 15 is 0 Å². The average Bonchev–Trinajstić information content (AvgIpc) is 3.09. The van der Waals surface area contributed by atoms with Crippen molar-refractivity contribution in [2.75, 3.05) is 0 Å². The first-order valence-corrected chi connectivity index (χ1v) is 8.77. The second-order valence-corrected chi connectivity index (χ2v) is 6.81. The zero-order chi connectivity index (χ0) is 19.9. The molecule has 0 aromatic heterocycles. The smallest absolute Gasteiger partial charge is 0.311 e. The van der Waals surface area contributed by atoms with E-state index in [0.717, 1.165) is 11.6 Å². The van der Waals surface area contributed by atoms with Gasteiger partial charge in [0, 0.05) is 12.4 Å². The Hall–Kier alpha value is -2.87. The number of rotatable bonds is 3. The molecule has 28 heavy (non-hydrogen) atoms. The number of hydrazine groups is 1. The molecule has 2 unspecified atom stereocenters. The van der Waals surface area contributed by atoms with Gasteiger partial charge >= 0.3 is 6.18 Å². The third-order valence-electron chi connectivity index (χ3n) is 5.01. The van der Waals surface area contributed by atoms with Crippen molar-refractivity contribution in [3.8, 4) is 0 Å². The SMILES string of the molecule is O=C1C2CC(c3ccc(F)cc3)NN2C=CN1Cc1ccccc1C(F)(F)F. The van der Waals surface area contributed by atoms with Crippen molar-refractivity contribution in [1.82, 2.24) is 15.3 Å². The Morgan fingerprint density at radius 2 is 1.75 bits per heavy atom. The zero-order valence-electron chi connectivity index (χ0n) is 14.7. The number of nitrogens with zero attached hydrogens (tertiary/aromatic N) is 2. The summed E-state index contributed by atoms with van der Waals surface area (Å²) in [5.41, 5.74) is 3.32.